The van der Waals surface area contributed by atoms with Gasteiger partial charge in [0.1, 0.15) is 0 Å². The maximum absolute atomic E-state index is 11.0. The standard InChI is InChI=1S/C15H19ClN2O3/c16-10-11-9-12(5-6-13(11)18(19)20)17-7-8-21-15-4-2-1-3-14(15)17/h5-6,9,14-15H,1-4,7-8,10H2. The Morgan fingerprint density at radius 1 is 1.38 bits per heavy atom. The molecular formula is C15H19ClN2O3. The summed E-state index contributed by atoms with van der Waals surface area (Å²) >= 11 is 5.88. The molecule has 5 nitrogen and oxygen atoms in total. The van der Waals surface area contributed by atoms with Crippen molar-refractivity contribution in [1.29, 1.82) is 0 Å². The Hall–Kier alpha value is -1.33. The highest BCUT2D eigenvalue weighted by molar-refractivity contribution is 6.17. The van der Waals surface area contributed by atoms with E-state index in [-0.39, 0.29) is 16.5 Å². The first kappa shape index (κ1) is 14.6. The Morgan fingerprint density at radius 3 is 2.95 bits per heavy atom. The number of nitro benzene ring substituents is 1. The largest absolute Gasteiger partial charge is 0.374 e. The highest BCUT2D eigenvalue weighted by atomic mass is 35.5. The van der Waals surface area contributed by atoms with Crippen molar-refractivity contribution >= 4 is 23.0 Å². The molecular weight excluding hydrogens is 292 g/mol. The average Bonchev–Trinajstić information content (AvgIpc) is 2.53. The van der Waals surface area contributed by atoms with Crippen molar-refractivity contribution in [1.82, 2.24) is 0 Å². The molecule has 2 atom stereocenters. The molecule has 2 unspecified atom stereocenters. The van der Waals surface area contributed by atoms with Crippen LogP contribution >= 0.6 is 11.6 Å². The first-order chi connectivity index (χ1) is 10.2. The van der Waals surface area contributed by atoms with Crippen molar-refractivity contribution in [3.8, 4) is 0 Å². The van der Waals surface area contributed by atoms with E-state index in [1.165, 1.54) is 12.8 Å². The monoisotopic (exact) mass is 310 g/mol. The molecule has 0 radical (unpaired) electrons. The SMILES string of the molecule is O=[N+]([O-])c1ccc(N2CCOC3CCCCC32)cc1CCl. The van der Waals surface area contributed by atoms with E-state index in [9.17, 15) is 10.1 Å². The van der Waals surface area contributed by atoms with Crippen LogP contribution in [0.25, 0.3) is 0 Å². The fourth-order valence-corrected chi connectivity index (χ4v) is 3.67. The molecule has 1 aliphatic heterocycles. The summed E-state index contributed by atoms with van der Waals surface area (Å²) in [6.45, 7) is 1.55. The summed E-state index contributed by atoms with van der Waals surface area (Å²) in [4.78, 5) is 13.0. The highest BCUT2D eigenvalue weighted by Crippen LogP contribution is 2.34. The van der Waals surface area contributed by atoms with E-state index in [1.807, 2.05) is 12.1 Å². The third-order valence-corrected chi connectivity index (χ3v) is 4.76. The second kappa shape index (κ2) is 6.20. The number of hydrogen-bond acceptors (Lipinski definition) is 4. The Kier molecular flexibility index (Phi) is 4.31. The molecule has 0 bridgehead atoms. The summed E-state index contributed by atoms with van der Waals surface area (Å²) in [7, 11) is 0. The normalized spacial score (nSPS) is 25.5. The van der Waals surface area contributed by atoms with E-state index < -0.39 is 0 Å². The van der Waals surface area contributed by atoms with Crippen LogP contribution < -0.4 is 4.90 Å². The summed E-state index contributed by atoms with van der Waals surface area (Å²) in [6.07, 6.45) is 4.97. The summed E-state index contributed by atoms with van der Waals surface area (Å²) in [5.74, 6) is 0.155. The molecule has 1 saturated carbocycles. The number of rotatable bonds is 3. The van der Waals surface area contributed by atoms with Gasteiger partial charge >= 0.3 is 0 Å². The lowest BCUT2D eigenvalue weighted by molar-refractivity contribution is -0.385. The number of alkyl halides is 1. The van der Waals surface area contributed by atoms with Gasteiger partial charge in [0, 0.05) is 23.9 Å². The Balaban J connectivity index is 1.90. The minimum atomic E-state index is -0.371. The van der Waals surface area contributed by atoms with Crippen LogP contribution in [-0.4, -0.2) is 30.2 Å². The average molecular weight is 311 g/mol. The van der Waals surface area contributed by atoms with E-state index in [1.54, 1.807) is 6.07 Å². The molecule has 1 aromatic rings. The first-order valence-electron chi connectivity index (χ1n) is 7.42. The minimum absolute atomic E-state index is 0.0993. The molecule has 2 fully saturated rings. The van der Waals surface area contributed by atoms with Crippen molar-refractivity contribution in [2.75, 3.05) is 18.1 Å². The number of nitro groups is 1. The summed E-state index contributed by atoms with van der Waals surface area (Å²) in [5, 5.41) is 11.0. The van der Waals surface area contributed by atoms with E-state index in [2.05, 4.69) is 4.90 Å². The summed E-state index contributed by atoms with van der Waals surface area (Å²) in [5.41, 5.74) is 1.71. The molecule has 0 spiro atoms. The smallest absolute Gasteiger partial charge is 0.273 e. The van der Waals surface area contributed by atoms with Gasteiger partial charge in [-0.3, -0.25) is 10.1 Å². The van der Waals surface area contributed by atoms with Crippen LogP contribution in [0.5, 0.6) is 0 Å². The Morgan fingerprint density at radius 2 is 2.19 bits per heavy atom. The third kappa shape index (κ3) is 2.85. The van der Waals surface area contributed by atoms with Crippen LogP contribution in [0.15, 0.2) is 18.2 Å². The van der Waals surface area contributed by atoms with Crippen molar-refractivity contribution in [2.24, 2.45) is 0 Å². The van der Waals surface area contributed by atoms with Crippen LogP contribution in [-0.2, 0) is 10.6 Å². The quantitative estimate of drug-likeness (QED) is 0.487. The van der Waals surface area contributed by atoms with Gasteiger partial charge in [-0.05, 0) is 25.0 Å². The Bertz CT molecular complexity index is 536. The van der Waals surface area contributed by atoms with Gasteiger partial charge in [-0.2, -0.15) is 0 Å². The van der Waals surface area contributed by atoms with Crippen molar-refractivity contribution in [3.63, 3.8) is 0 Å². The second-order valence-electron chi connectivity index (χ2n) is 5.66. The van der Waals surface area contributed by atoms with E-state index >= 15 is 0 Å². The van der Waals surface area contributed by atoms with Gasteiger partial charge < -0.3 is 9.64 Å². The molecule has 1 heterocycles. The first-order valence-corrected chi connectivity index (χ1v) is 7.95. The van der Waals surface area contributed by atoms with Gasteiger partial charge in [-0.25, -0.2) is 0 Å². The highest BCUT2D eigenvalue weighted by Gasteiger charge is 2.34. The minimum Gasteiger partial charge on any atom is -0.374 e. The van der Waals surface area contributed by atoms with Gasteiger partial charge in [0.05, 0.1) is 29.6 Å². The topological polar surface area (TPSA) is 55.6 Å². The number of nitrogens with zero attached hydrogens (tertiary/aromatic N) is 2. The van der Waals surface area contributed by atoms with Crippen molar-refractivity contribution < 1.29 is 9.66 Å². The van der Waals surface area contributed by atoms with Crippen LogP contribution in [0.3, 0.4) is 0 Å². The van der Waals surface area contributed by atoms with Crippen LogP contribution in [0.1, 0.15) is 31.2 Å². The van der Waals surface area contributed by atoms with Crippen LogP contribution in [0.2, 0.25) is 0 Å². The van der Waals surface area contributed by atoms with E-state index in [4.69, 9.17) is 16.3 Å². The van der Waals surface area contributed by atoms with Gasteiger partial charge in [0.15, 0.2) is 0 Å². The lowest BCUT2D eigenvalue weighted by atomic mass is 9.89. The fourth-order valence-electron chi connectivity index (χ4n) is 3.45. The second-order valence-corrected chi connectivity index (χ2v) is 5.93. The molecule has 114 valence electrons. The lowest BCUT2D eigenvalue weighted by Crippen LogP contribution is -2.52. The van der Waals surface area contributed by atoms with E-state index in [0.29, 0.717) is 24.3 Å². The summed E-state index contributed by atoms with van der Waals surface area (Å²) < 4.78 is 5.88. The molecule has 0 aromatic heterocycles. The maximum atomic E-state index is 11.0. The predicted octanol–water partition coefficient (Wildman–Crippen LogP) is 3.48. The molecule has 2 aliphatic rings. The van der Waals surface area contributed by atoms with Gasteiger partial charge in [0.25, 0.3) is 5.69 Å². The molecule has 0 amide bonds. The Labute approximate surface area is 129 Å². The van der Waals surface area contributed by atoms with E-state index in [0.717, 1.165) is 25.1 Å². The van der Waals surface area contributed by atoms with Crippen molar-refractivity contribution in [2.45, 2.75) is 43.7 Å². The molecule has 1 aliphatic carbocycles. The van der Waals surface area contributed by atoms with Crippen molar-refractivity contribution in [3.05, 3.63) is 33.9 Å². The molecule has 0 N–H and O–H groups in total. The number of anilines is 1. The molecule has 6 heteroatoms. The lowest BCUT2D eigenvalue weighted by Gasteiger charge is -2.45. The molecule has 21 heavy (non-hydrogen) atoms. The van der Waals surface area contributed by atoms with Gasteiger partial charge in [-0.1, -0.05) is 12.8 Å². The third-order valence-electron chi connectivity index (χ3n) is 4.47. The van der Waals surface area contributed by atoms with Crippen LogP contribution in [0.4, 0.5) is 11.4 Å². The maximum Gasteiger partial charge on any atom is 0.273 e. The zero-order valence-corrected chi connectivity index (χ0v) is 12.6. The zero-order chi connectivity index (χ0) is 14.8. The molecule has 1 saturated heterocycles. The number of benzene rings is 1. The van der Waals surface area contributed by atoms with Gasteiger partial charge in [-0.15, -0.1) is 11.6 Å². The fraction of sp³-hybridized carbons (Fsp3) is 0.600. The zero-order valence-electron chi connectivity index (χ0n) is 11.8. The number of hydrogen-bond donors (Lipinski definition) is 0. The molecule has 3 rings (SSSR count). The predicted molar refractivity (Wildman–Crippen MR) is 82.0 cm³/mol. The number of morpholine rings is 1. The number of halogens is 1. The van der Waals surface area contributed by atoms with Crippen LogP contribution in [0, 0.1) is 10.1 Å². The number of ether oxygens (including phenoxy) is 1. The van der Waals surface area contributed by atoms with Gasteiger partial charge in [0.2, 0.25) is 0 Å². The molecule has 1 aromatic carbocycles. The summed E-state index contributed by atoms with van der Waals surface area (Å²) in [6, 6.07) is 5.66. The number of fused-ring (bicyclic) bond motifs is 1.